The number of nitrogens with one attached hydrogen (secondary N) is 3. The van der Waals surface area contributed by atoms with E-state index in [1.165, 1.54) is 13.8 Å². The number of imide groups is 1. The van der Waals surface area contributed by atoms with Gasteiger partial charge in [-0.05, 0) is 6.92 Å². The van der Waals surface area contributed by atoms with Gasteiger partial charge < -0.3 is 10.6 Å². The summed E-state index contributed by atoms with van der Waals surface area (Å²) in [4.78, 5) is 56.1. The third-order valence-corrected chi connectivity index (χ3v) is 2.41. The minimum atomic E-state index is -0.737. The van der Waals surface area contributed by atoms with Gasteiger partial charge in [0.15, 0.2) is 0 Å². The van der Waals surface area contributed by atoms with Crippen LogP contribution >= 0.6 is 0 Å². The molecule has 0 rings (SSSR count). The van der Waals surface area contributed by atoms with Gasteiger partial charge in [0.05, 0.1) is 6.54 Å². The SMILES string of the molecule is CCC(=O)NC(=O)CC(CC(=O)NCC(C)=O)NC(C)=O. The Morgan fingerprint density at radius 3 is 1.95 bits per heavy atom. The quantitative estimate of drug-likeness (QED) is 0.532. The fraction of sp³-hybridized carbons (Fsp3) is 0.615. The van der Waals surface area contributed by atoms with E-state index >= 15 is 0 Å². The summed E-state index contributed by atoms with van der Waals surface area (Å²) in [7, 11) is 0. The highest BCUT2D eigenvalue weighted by molar-refractivity contribution is 5.95. The van der Waals surface area contributed by atoms with Crippen LogP contribution in [-0.4, -0.2) is 42.0 Å². The van der Waals surface area contributed by atoms with Gasteiger partial charge in [0.25, 0.3) is 0 Å². The Labute approximate surface area is 123 Å². The standard InChI is InChI=1S/C13H21N3O5/c1-4-11(19)16-13(21)6-10(15-9(3)18)5-12(20)14-7-8(2)17/h10H,4-7H2,1-3H3,(H,14,20)(H,15,18)(H,16,19,21). The van der Waals surface area contributed by atoms with Crippen LogP contribution in [0.25, 0.3) is 0 Å². The lowest BCUT2D eigenvalue weighted by Gasteiger charge is -2.16. The van der Waals surface area contributed by atoms with Crippen molar-refractivity contribution in [2.45, 2.75) is 46.1 Å². The highest BCUT2D eigenvalue weighted by Crippen LogP contribution is 1.99. The van der Waals surface area contributed by atoms with Gasteiger partial charge in [0.2, 0.25) is 23.6 Å². The average Bonchev–Trinajstić information content (AvgIpc) is 2.34. The average molecular weight is 299 g/mol. The summed E-state index contributed by atoms with van der Waals surface area (Å²) >= 11 is 0. The second-order valence-electron chi connectivity index (χ2n) is 4.61. The van der Waals surface area contributed by atoms with Crippen LogP contribution in [0.2, 0.25) is 0 Å². The molecule has 0 aliphatic carbocycles. The predicted octanol–water partition coefficient (Wildman–Crippen LogP) is -0.971. The number of amides is 4. The molecule has 0 radical (unpaired) electrons. The number of carbonyl (C=O) groups is 5. The van der Waals surface area contributed by atoms with Crippen molar-refractivity contribution in [1.29, 1.82) is 0 Å². The molecule has 118 valence electrons. The molecule has 1 unspecified atom stereocenters. The van der Waals surface area contributed by atoms with Crippen molar-refractivity contribution in [1.82, 2.24) is 16.0 Å². The minimum absolute atomic E-state index is 0.105. The molecule has 4 amide bonds. The predicted molar refractivity (Wildman–Crippen MR) is 74.0 cm³/mol. The van der Waals surface area contributed by atoms with Gasteiger partial charge in [-0.1, -0.05) is 6.92 Å². The lowest BCUT2D eigenvalue weighted by atomic mass is 10.1. The third-order valence-electron chi connectivity index (χ3n) is 2.41. The van der Waals surface area contributed by atoms with Crippen molar-refractivity contribution in [3.8, 4) is 0 Å². The van der Waals surface area contributed by atoms with E-state index in [9.17, 15) is 24.0 Å². The van der Waals surface area contributed by atoms with Crippen molar-refractivity contribution in [2.75, 3.05) is 6.54 Å². The number of hydrogen-bond acceptors (Lipinski definition) is 5. The van der Waals surface area contributed by atoms with Gasteiger partial charge in [-0.15, -0.1) is 0 Å². The molecule has 0 aromatic rings. The van der Waals surface area contributed by atoms with Crippen molar-refractivity contribution in [2.24, 2.45) is 0 Å². The van der Waals surface area contributed by atoms with Gasteiger partial charge >= 0.3 is 0 Å². The lowest BCUT2D eigenvalue weighted by Crippen LogP contribution is -2.43. The second-order valence-corrected chi connectivity index (χ2v) is 4.61. The number of hydrogen-bond donors (Lipinski definition) is 3. The highest BCUT2D eigenvalue weighted by Gasteiger charge is 2.19. The van der Waals surface area contributed by atoms with E-state index in [4.69, 9.17) is 0 Å². The Balaban J connectivity index is 4.47. The molecule has 0 aromatic carbocycles. The van der Waals surface area contributed by atoms with Crippen LogP contribution in [0.15, 0.2) is 0 Å². The van der Waals surface area contributed by atoms with E-state index in [-0.39, 0.29) is 31.6 Å². The van der Waals surface area contributed by atoms with Crippen molar-refractivity contribution < 1.29 is 24.0 Å². The summed E-state index contributed by atoms with van der Waals surface area (Å²) in [5, 5.41) is 6.98. The van der Waals surface area contributed by atoms with Crippen molar-refractivity contribution >= 4 is 29.4 Å². The zero-order chi connectivity index (χ0) is 16.4. The lowest BCUT2D eigenvalue weighted by molar-refractivity contribution is -0.130. The Morgan fingerprint density at radius 1 is 0.905 bits per heavy atom. The summed E-state index contributed by atoms with van der Waals surface area (Å²) in [6.45, 7) is 4.08. The Bertz CT molecular complexity index is 434. The number of carbonyl (C=O) groups excluding carboxylic acids is 5. The number of ketones is 1. The largest absolute Gasteiger partial charge is 0.353 e. The first kappa shape index (κ1) is 18.8. The number of Topliss-reactive ketones (excluding diaryl/α,β-unsaturated/α-hetero) is 1. The molecule has 0 saturated heterocycles. The number of rotatable bonds is 8. The van der Waals surface area contributed by atoms with E-state index in [2.05, 4.69) is 16.0 Å². The highest BCUT2D eigenvalue weighted by atomic mass is 16.2. The van der Waals surface area contributed by atoms with E-state index in [1.54, 1.807) is 6.92 Å². The summed E-state index contributed by atoms with van der Waals surface area (Å²) in [5.74, 6) is -2.05. The van der Waals surface area contributed by atoms with Crippen LogP contribution in [0.3, 0.4) is 0 Å². The molecule has 3 N–H and O–H groups in total. The first-order chi connectivity index (χ1) is 9.74. The normalized spacial score (nSPS) is 11.2. The van der Waals surface area contributed by atoms with Gasteiger partial charge in [-0.2, -0.15) is 0 Å². The van der Waals surface area contributed by atoms with Crippen LogP contribution in [0, 0.1) is 0 Å². The smallest absolute Gasteiger partial charge is 0.228 e. The van der Waals surface area contributed by atoms with Crippen LogP contribution in [-0.2, 0) is 24.0 Å². The van der Waals surface area contributed by atoms with Crippen LogP contribution in [0.4, 0.5) is 0 Å². The van der Waals surface area contributed by atoms with E-state index < -0.39 is 29.7 Å². The van der Waals surface area contributed by atoms with Crippen LogP contribution < -0.4 is 16.0 Å². The molecule has 0 aromatic heterocycles. The van der Waals surface area contributed by atoms with Gasteiger partial charge in [0.1, 0.15) is 5.78 Å². The summed E-state index contributed by atoms with van der Waals surface area (Å²) in [6, 6.07) is -0.737. The monoisotopic (exact) mass is 299 g/mol. The maximum atomic E-state index is 11.6. The van der Waals surface area contributed by atoms with Gasteiger partial charge in [0, 0.05) is 32.2 Å². The van der Waals surface area contributed by atoms with E-state index in [0.717, 1.165) is 0 Å². The van der Waals surface area contributed by atoms with E-state index in [1.807, 2.05) is 0 Å². The molecule has 0 bridgehead atoms. The fourth-order valence-corrected chi connectivity index (χ4v) is 1.50. The molecule has 0 heterocycles. The molecule has 0 aliphatic heterocycles. The summed E-state index contributed by atoms with van der Waals surface area (Å²) in [5.41, 5.74) is 0. The van der Waals surface area contributed by atoms with E-state index in [0.29, 0.717) is 0 Å². The molecule has 8 heteroatoms. The Hall–Kier alpha value is -2.25. The molecule has 0 fully saturated rings. The van der Waals surface area contributed by atoms with Crippen LogP contribution in [0.5, 0.6) is 0 Å². The fourth-order valence-electron chi connectivity index (χ4n) is 1.50. The first-order valence-electron chi connectivity index (χ1n) is 6.60. The zero-order valence-electron chi connectivity index (χ0n) is 12.4. The molecule has 0 saturated carbocycles. The van der Waals surface area contributed by atoms with Crippen molar-refractivity contribution in [3.63, 3.8) is 0 Å². The summed E-state index contributed by atoms with van der Waals surface area (Å²) in [6.07, 6.45) is -0.185. The van der Waals surface area contributed by atoms with Crippen molar-refractivity contribution in [3.05, 3.63) is 0 Å². The second kappa shape index (κ2) is 9.62. The van der Waals surface area contributed by atoms with Gasteiger partial charge in [-0.25, -0.2) is 0 Å². The first-order valence-corrected chi connectivity index (χ1v) is 6.60. The molecule has 21 heavy (non-hydrogen) atoms. The molecule has 1 atom stereocenters. The topological polar surface area (TPSA) is 121 Å². The van der Waals surface area contributed by atoms with Crippen LogP contribution in [0.1, 0.15) is 40.0 Å². The van der Waals surface area contributed by atoms with Gasteiger partial charge in [-0.3, -0.25) is 29.3 Å². The Kier molecular flexibility index (Phi) is 8.59. The maximum absolute atomic E-state index is 11.6. The zero-order valence-corrected chi connectivity index (χ0v) is 12.4. The molecule has 0 aliphatic rings. The minimum Gasteiger partial charge on any atom is -0.353 e. The Morgan fingerprint density at radius 2 is 1.48 bits per heavy atom. The molecule has 0 spiro atoms. The molecule has 8 nitrogen and oxygen atoms in total. The molecular formula is C13H21N3O5. The maximum Gasteiger partial charge on any atom is 0.228 e. The summed E-state index contributed by atoms with van der Waals surface area (Å²) < 4.78 is 0. The third kappa shape index (κ3) is 10.2. The molecular weight excluding hydrogens is 278 g/mol.